The van der Waals surface area contributed by atoms with Crippen LogP contribution < -0.4 is 0 Å². The minimum Gasteiger partial charge on any atom is -0.337 e. The van der Waals surface area contributed by atoms with Crippen LogP contribution in [0.2, 0.25) is 0 Å². The number of rotatable bonds is 7. The molecule has 1 rings (SSSR count). The summed E-state index contributed by atoms with van der Waals surface area (Å²) in [6, 6.07) is 2.20. The van der Waals surface area contributed by atoms with Gasteiger partial charge in [-0.15, -0.1) is 0 Å². The Morgan fingerprint density at radius 3 is 2.93 bits per heavy atom. The topological polar surface area (TPSA) is 44.9 Å². The van der Waals surface area contributed by atoms with Crippen LogP contribution in [0.15, 0.2) is 18.7 Å². The zero-order valence-corrected chi connectivity index (χ0v) is 9.26. The summed E-state index contributed by atoms with van der Waals surface area (Å²) < 4.78 is 2.07. The fourth-order valence-electron chi connectivity index (χ4n) is 1.58. The predicted molar refractivity (Wildman–Crippen MR) is 59.2 cm³/mol. The van der Waals surface area contributed by atoms with Crippen molar-refractivity contribution in [1.82, 2.24) is 14.5 Å². The Kier molecular flexibility index (Phi) is 5.49. The van der Waals surface area contributed by atoms with Gasteiger partial charge in [-0.2, -0.15) is 5.26 Å². The minimum absolute atomic E-state index is 0.539. The molecule has 0 amide bonds. The Labute approximate surface area is 91.1 Å². The SMILES string of the molecule is CCCN(CC#N)CCCn1ccnc1. The van der Waals surface area contributed by atoms with E-state index in [1.165, 1.54) is 0 Å². The summed E-state index contributed by atoms with van der Waals surface area (Å²) >= 11 is 0. The lowest BCUT2D eigenvalue weighted by Crippen LogP contribution is -2.26. The van der Waals surface area contributed by atoms with Crippen LogP contribution >= 0.6 is 0 Å². The highest BCUT2D eigenvalue weighted by molar-refractivity contribution is 4.77. The molecule has 0 saturated carbocycles. The molecule has 1 aromatic heterocycles. The molecule has 0 fully saturated rings. The maximum absolute atomic E-state index is 8.64. The second-order valence-corrected chi connectivity index (χ2v) is 3.59. The van der Waals surface area contributed by atoms with Crippen molar-refractivity contribution in [3.63, 3.8) is 0 Å². The van der Waals surface area contributed by atoms with E-state index in [0.29, 0.717) is 6.54 Å². The number of aryl methyl sites for hydroxylation is 1. The van der Waals surface area contributed by atoms with E-state index in [1.807, 2.05) is 12.5 Å². The van der Waals surface area contributed by atoms with E-state index in [4.69, 9.17) is 5.26 Å². The maximum atomic E-state index is 8.64. The normalized spacial score (nSPS) is 10.5. The maximum Gasteiger partial charge on any atom is 0.0945 e. The quantitative estimate of drug-likeness (QED) is 0.635. The summed E-state index contributed by atoms with van der Waals surface area (Å²) in [5.74, 6) is 0. The van der Waals surface area contributed by atoms with Gasteiger partial charge < -0.3 is 4.57 Å². The molecule has 0 aromatic carbocycles. The molecular formula is C11H18N4. The molecule has 1 aromatic rings. The molecule has 82 valence electrons. The molecule has 0 atom stereocenters. The standard InChI is InChI=1S/C11H18N4/c1-2-6-14(9-4-12)7-3-8-15-10-5-13-11-15/h5,10-11H,2-3,6-9H2,1H3. The van der Waals surface area contributed by atoms with Crippen LogP contribution in [0.4, 0.5) is 0 Å². The fraction of sp³-hybridized carbons (Fsp3) is 0.636. The molecule has 0 N–H and O–H groups in total. The summed E-state index contributed by atoms with van der Waals surface area (Å²) in [4.78, 5) is 6.18. The van der Waals surface area contributed by atoms with Gasteiger partial charge in [-0.05, 0) is 19.4 Å². The van der Waals surface area contributed by atoms with Gasteiger partial charge >= 0.3 is 0 Å². The molecule has 0 radical (unpaired) electrons. The lowest BCUT2D eigenvalue weighted by molar-refractivity contribution is 0.295. The van der Waals surface area contributed by atoms with Crippen molar-refractivity contribution in [3.05, 3.63) is 18.7 Å². The van der Waals surface area contributed by atoms with Gasteiger partial charge in [0.1, 0.15) is 0 Å². The van der Waals surface area contributed by atoms with E-state index in [1.54, 1.807) is 6.20 Å². The average Bonchev–Trinajstić information content (AvgIpc) is 2.71. The Morgan fingerprint density at radius 2 is 2.33 bits per heavy atom. The lowest BCUT2D eigenvalue weighted by Gasteiger charge is -2.17. The molecule has 0 aliphatic heterocycles. The van der Waals surface area contributed by atoms with Crippen LogP contribution in [-0.4, -0.2) is 34.1 Å². The number of hydrogen-bond donors (Lipinski definition) is 0. The van der Waals surface area contributed by atoms with Crippen molar-refractivity contribution in [2.75, 3.05) is 19.6 Å². The molecular weight excluding hydrogens is 188 g/mol. The molecule has 4 heteroatoms. The largest absolute Gasteiger partial charge is 0.337 e. The molecule has 0 unspecified atom stereocenters. The number of aromatic nitrogens is 2. The Morgan fingerprint density at radius 1 is 1.47 bits per heavy atom. The Bertz CT molecular complexity index is 286. The van der Waals surface area contributed by atoms with Crippen LogP contribution in [0.25, 0.3) is 0 Å². The van der Waals surface area contributed by atoms with E-state index in [-0.39, 0.29) is 0 Å². The highest BCUT2D eigenvalue weighted by Crippen LogP contribution is 1.96. The molecule has 0 bridgehead atoms. The van der Waals surface area contributed by atoms with E-state index in [2.05, 4.69) is 27.4 Å². The number of nitriles is 1. The van der Waals surface area contributed by atoms with Gasteiger partial charge in [0.2, 0.25) is 0 Å². The molecule has 0 spiro atoms. The minimum atomic E-state index is 0.539. The van der Waals surface area contributed by atoms with Gasteiger partial charge in [0, 0.05) is 25.5 Å². The van der Waals surface area contributed by atoms with E-state index in [0.717, 1.165) is 32.5 Å². The molecule has 15 heavy (non-hydrogen) atoms. The lowest BCUT2D eigenvalue weighted by atomic mass is 10.3. The van der Waals surface area contributed by atoms with Crippen LogP contribution in [0.3, 0.4) is 0 Å². The summed E-state index contributed by atoms with van der Waals surface area (Å²) in [5, 5.41) is 8.64. The summed E-state index contributed by atoms with van der Waals surface area (Å²) in [7, 11) is 0. The van der Waals surface area contributed by atoms with Crippen molar-refractivity contribution < 1.29 is 0 Å². The summed E-state index contributed by atoms with van der Waals surface area (Å²) in [5.41, 5.74) is 0. The van der Waals surface area contributed by atoms with Crippen molar-refractivity contribution in [2.24, 2.45) is 0 Å². The summed E-state index contributed by atoms with van der Waals surface area (Å²) in [6.07, 6.45) is 7.76. The Balaban J connectivity index is 2.19. The van der Waals surface area contributed by atoms with Gasteiger partial charge in [0.05, 0.1) is 18.9 Å². The van der Waals surface area contributed by atoms with Gasteiger partial charge in [0.15, 0.2) is 0 Å². The molecule has 0 saturated heterocycles. The Hall–Kier alpha value is -1.34. The van der Waals surface area contributed by atoms with Crippen molar-refractivity contribution >= 4 is 0 Å². The second-order valence-electron chi connectivity index (χ2n) is 3.59. The monoisotopic (exact) mass is 206 g/mol. The summed E-state index contributed by atoms with van der Waals surface area (Å²) in [6.45, 7) is 5.65. The van der Waals surface area contributed by atoms with Crippen molar-refractivity contribution in [3.8, 4) is 6.07 Å². The van der Waals surface area contributed by atoms with Gasteiger partial charge in [-0.1, -0.05) is 6.92 Å². The van der Waals surface area contributed by atoms with E-state index in [9.17, 15) is 0 Å². The third kappa shape index (κ3) is 4.61. The first-order chi connectivity index (χ1) is 7.36. The van der Waals surface area contributed by atoms with E-state index >= 15 is 0 Å². The first-order valence-corrected chi connectivity index (χ1v) is 5.42. The molecule has 0 aliphatic rings. The smallest absolute Gasteiger partial charge is 0.0945 e. The van der Waals surface area contributed by atoms with Gasteiger partial charge in [0.25, 0.3) is 0 Å². The third-order valence-corrected chi connectivity index (χ3v) is 2.28. The number of hydrogen-bond acceptors (Lipinski definition) is 3. The average molecular weight is 206 g/mol. The highest BCUT2D eigenvalue weighted by Gasteiger charge is 2.01. The van der Waals surface area contributed by atoms with Crippen molar-refractivity contribution in [2.45, 2.75) is 26.3 Å². The van der Waals surface area contributed by atoms with Crippen LogP contribution in [0.5, 0.6) is 0 Å². The molecule has 4 nitrogen and oxygen atoms in total. The van der Waals surface area contributed by atoms with Crippen LogP contribution in [-0.2, 0) is 6.54 Å². The molecule has 0 aliphatic carbocycles. The second kappa shape index (κ2) is 7.02. The fourth-order valence-corrected chi connectivity index (χ4v) is 1.58. The number of nitrogens with zero attached hydrogens (tertiary/aromatic N) is 4. The molecule has 1 heterocycles. The predicted octanol–water partition coefficient (Wildman–Crippen LogP) is 1.51. The zero-order chi connectivity index (χ0) is 10.9. The van der Waals surface area contributed by atoms with E-state index < -0.39 is 0 Å². The highest BCUT2D eigenvalue weighted by atomic mass is 15.1. The van der Waals surface area contributed by atoms with Crippen molar-refractivity contribution in [1.29, 1.82) is 5.26 Å². The third-order valence-electron chi connectivity index (χ3n) is 2.28. The van der Waals surface area contributed by atoms with Gasteiger partial charge in [-0.25, -0.2) is 4.98 Å². The number of imidazole rings is 1. The van der Waals surface area contributed by atoms with Crippen LogP contribution in [0, 0.1) is 11.3 Å². The van der Waals surface area contributed by atoms with Crippen LogP contribution in [0.1, 0.15) is 19.8 Å². The first-order valence-electron chi connectivity index (χ1n) is 5.42. The van der Waals surface area contributed by atoms with Gasteiger partial charge in [-0.3, -0.25) is 4.90 Å². The first kappa shape index (κ1) is 11.7. The zero-order valence-electron chi connectivity index (χ0n) is 9.26.